The number of sulfone groups is 1. The van der Waals surface area contributed by atoms with Gasteiger partial charge >= 0.3 is 0 Å². The maximum Gasteiger partial charge on any atom is 0.269 e. The third-order valence-electron chi connectivity index (χ3n) is 3.18. The average molecular weight is 381 g/mol. The molecule has 0 amide bonds. The van der Waals surface area contributed by atoms with Gasteiger partial charge in [-0.05, 0) is 41.1 Å². The number of aromatic amines is 1. The van der Waals surface area contributed by atoms with Gasteiger partial charge in [0.2, 0.25) is 26.5 Å². The number of halogens is 1. The van der Waals surface area contributed by atoms with E-state index >= 15 is 0 Å². The van der Waals surface area contributed by atoms with Gasteiger partial charge < -0.3 is 4.42 Å². The Labute approximate surface area is 145 Å². The Hall–Kier alpha value is -2.85. The zero-order chi connectivity index (χ0) is 18.0. The van der Waals surface area contributed by atoms with Crippen LogP contribution in [-0.2, 0) is 21.1 Å². The normalized spacial score (nSPS) is 11.4. The summed E-state index contributed by atoms with van der Waals surface area (Å²) in [4.78, 5) is 23.7. The molecule has 25 heavy (non-hydrogen) atoms. The number of nitrogens with one attached hydrogen (secondary N) is 1. The van der Waals surface area contributed by atoms with Crippen molar-refractivity contribution in [1.29, 1.82) is 0 Å². The molecule has 0 spiro atoms. The van der Waals surface area contributed by atoms with E-state index in [1.807, 2.05) is 0 Å². The third kappa shape index (κ3) is 3.49. The van der Waals surface area contributed by atoms with Gasteiger partial charge in [-0.3, -0.25) is 9.59 Å². The minimum atomic E-state index is -3.90. The Morgan fingerprint density at radius 1 is 1.20 bits per heavy atom. The Morgan fingerprint density at radius 2 is 1.92 bits per heavy atom. The van der Waals surface area contributed by atoms with Gasteiger partial charge in [0, 0.05) is 11.4 Å². The van der Waals surface area contributed by atoms with Crippen molar-refractivity contribution in [3.63, 3.8) is 0 Å². The molecule has 128 valence electrons. The molecular weight excluding hydrogens is 372 g/mol. The van der Waals surface area contributed by atoms with Gasteiger partial charge in [0.05, 0.1) is 11.2 Å². The van der Waals surface area contributed by atoms with Crippen LogP contribution in [0.3, 0.4) is 0 Å². The summed E-state index contributed by atoms with van der Waals surface area (Å²) in [6.07, 6.45) is 0.747. The smallest absolute Gasteiger partial charge is 0.269 e. The third-order valence-corrected chi connectivity index (χ3v) is 5.07. The number of tetrazole rings is 1. The maximum atomic E-state index is 12.4. The van der Waals surface area contributed by atoms with Crippen LogP contribution < -0.4 is 0 Å². The molecule has 0 aliphatic carbocycles. The van der Waals surface area contributed by atoms with Crippen molar-refractivity contribution in [3.8, 4) is 0 Å². The number of carbonyl (C=O) groups is 2. The lowest BCUT2D eigenvalue weighted by molar-refractivity contribution is -0.114. The highest BCUT2D eigenvalue weighted by Gasteiger charge is 2.25. The zero-order valence-corrected chi connectivity index (χ0v) is 13.9. The number of rotatable bonds is 6. The van der Waals surface area contributed by atoms with E-state index in [9.17, 15) is 18.0 Å². The van der Waals surface area contributed by atoms with E-state index in [1.165, 1.54) is 30.3 Å². The molecular formula is C14H9ClN4O5S. The van der Waals surface area contributed by atoms with Crippen molar-refractivity contribution in [2.75, 3.05) is 0 Å². The fourth-order valence-electron chi connectivity index (χ4n) is 1.97. The van der Waals surface area contributed by atoms with Gasteiger partial charge in [-0.2, -0.15) is 5.21 Å². The Bertz CT molecular complexity index is 1030. The standard InChI is InChI=1S/C14H9ClN4O5S/c15-9-1-3-10(4-2-9)25(22,23)12-6-8(7-24-12)5-11(20)13(21)14-16-18-19-17-14/h1-4,6-7H,5H2,(H,16,17,18,19). The number of furan rings is 1. The molecule has 11 heteroatoms. The first-order valence-electron chi connectivity index (χ1n) is 6.77. The van der Waals surface area contributed by atoms with Crippen molar-refractivity contribution >= 4 is 33.0 Å². The highest BCUT2D eigenvalue weighted by molar-refractivity contribution is 7.91. The van der Waals surface area contributed by atoms with Crippen LogP contribution in [0, 0.1) is 0 Å². The first-order valence-corrected chi connectivity index (χ1v) is 8.63. The molecule has 0 unspecified atom stereocenters. The summed E-state index contributed by atoms with van der Waals surface area (Å²) < 4.78 is 29.9. The molecule has 3 rings (SSSR count). The van der Waals surface area contributed by atoms with Gasteiger partial charge in [0.25, 0.3) is 5.78 Å². The molecule has 0 radical (unpaired) electrons. The van der Waals surface area contributed by atoms with E-state index in [0.29, 0.717) is 5.02 Å². The summed E-state index contributed by atoms with van der Waals surface area (Å²) >= 11 is 5.74. The average Bonchev–Trinajstić information content (AvgIpc) is 3.26. The van der Waals surface area contributed by atoms with Gasteiger partial charge in [-0.15, -0.1) is 10.2 Å². The number of carbonyl (C=O) groups excluding carboxylic acids is 2. The minimum Gasteiger partial charge on any atom is -0.452 e. The molecule has 0 bridgehead atoms. The van der Waals surface area contributed by atoms with Crippen LogP contribution in [0.15, 0.2) is 51.0 Å². The van der Waals surface area contributed by atoms with Gasteiger partial charge in [-0.1, -0.05) is 11.6 Å². The Kier molecular flexibility index (Phi) is 4.47. The lowest BCUT2D eigenvalue weighted by atomic mass is 10.1. The van der Waals surface area contributed by atoms with E-state index in [2.05, 4.69) is 20.6 Å². The Balaban J connectivity index is 1.79. The molecule has 0 saturated heterocycles. The van der Waals surface area contributed by atoms with Crippen LogP contribution in [0.2, 0.25) is 5.02 Å². The van der Waals surface area contributed by atoms with Crippen LogP contribution in [0.4, 0.5) is 0 Å². The van der Waals surface area contributed by atoms with E-state index in [-0.39, 0.29) is 27.8 Å². The van der Waals surface area contributed by atoms with E-state index < -0.39 is 21.4 Å². The fourth-order valence-corrected chi connectivity index (χ4v) is 3.30. The molecule has 9 nitrogen and oxygen atoms in total. The van der Waals surface area contributed by atoms with Crippen molar-refractivity contribution in [2.24, 2.45) is 0 Å². The lowest BCUT2D eigenvalue weighted by Gasteiger charge is -2.00. The quantitative estimate of drug-likeness (QED) is 0.498. The number of H-pyrrole nitrogens is 1. The summed E-state index contributed by atoms with van der Waals surface area (Å²) in [7, 11) is -3.90. The van der Waals surface area contributed by atoms with Crippen LogP contribution in [0.5, 0.6) is 0 Å². The molecule has 2 heterocycles. The SMILES string of the molecule is O=C(Cc1coc(S(=O)(=O)c2ccc(Cl)cc2)c1)C(=O)c1nn[nH]n1. The number of hydrogen-bond donors (Lipinski definition) is 1. The van der Waals surface area contributed by atoms with E-state index in [1.54, 1.807) is 0 Å². The summed E-state index contributed by atoms with van der Waals surface area (Å²) in [5.41, 5.74) is 0.231. The predicted molar refractivity (Wildman–Crippen MR) is 82.8 cm³/mol. The summed E-state index contributed by atoms with van der Waals surface area (Å²) in [5, 5.41) is 12.2. The second-order valence-corrected chi connectivity index (χ2v) is 7.21. The second-order valence-electron chi connectivity index (χ2n) is 4.90. The number of Topliss-reactive ketones (excluding diaryl/α,β-unsaturated/α-hetero) is 2. The first kappa shape index (κ1) is 17.0. The van der Waals surface area contributed by atoms with Crippen LogP contribution in [-0.4, -0.2) is 40.6 Å². The zero-order valence-electron chi connectivity index (χ0n) is 12.3. The van der Waals surface area contributed by atoms with Crippen LogP contribution in [0.1, 0.15) is 16.2 Å². The molecule has 0 aliphatic heterocycles. The molecule has 1 N–H and O–H groups in total. The van der Waals surface area contributed by atoms with Crippen molar-refractivity contribution in [3.05, 3.63) is 53.0 Å². The summed E-state index contributed by atoms with van der Waals surface area (Å²) in [5.74, 6) is -2.11. The molecule has 0 atom stereocenters. The maximum absolute atomic E-state index is 12.4. The van der Waals surface area contributed by atoms with Crippen LogP contribution in [0.25, 0.3) is 0 Å². The first-order chi connectivity index (χ1) is 11.9. The van der Waals surface area contributed by atoms with E-state index in [0.717, 1.165) is 6.26 Å². The molecule has 0 aliphatic rings. The molecule has 2 aromatic heterocycles. The van der Waals surface area contributed by atoms with Gasteiger partial charge in [-0.25, -0.2) is 8.42 Å². The van der Waals surface area contributed by atoms with Crippen molar-refractivity contribution in [2.45, 2.75) is 16.4 Å². The Morgan fingerprint density at radius 3 is 2.56 bits per heavy atom. The molecule has 3 aromatic rings. The second kappa shape index (κ2) is 6.57. The predicted octanol–water partition coefficient (Wildman–Crippen LogP) is 1.27. The minimum absolute atomic E-state index is 0.00741. The number of hydrogen-bond acceptors (Lipinski definition) is 8. The van der Waals surface area contributed by atoms with E-state index in [4.69, 9.17) is 16.0 Å². The summed E-state index contributed by atoms with van der Waals surface area (Å²) in [6.45, 7) is 0. The molecule has 0 fully saturated rings. The van der Waals surface area contributed by atoms with Crippen molar-refractivity contribution in [1.82, 2.24) is 20.6 Å². The number of nitrogens with zero attached hydrogens (tertiary/aromatic N) is 3. The fraction of sp³-hybridized carbons (Fsp3) is 0.0714. The highest BCUT2D eigenvalue weighted by Crippen LogP contribution is 2.24. The lowest BCUT2D eigenvalue weighted by Crippen LogP contribution is -2.18. The highest BCUT2D eigenvalue weighted by atomic mass is 35.5. The number of benzene rings is 1. The van der Waals surface area contributed by atoms with Gasteiger partial charge in [0.15, 0.2) is 0 Å². The summed E-state index contributed by atoms with van der Waals surface area (Å²) in [6, 6.07) is 6.73. The molecule has 1 aromatic carbocycles. The number of ketones is 2. The van der Waals surface area contributed by atoms with Crippen molar-refractivity contribution < 1.29 is 22.4 Å². The monoisotopic (exact) mass is 380 g/mol. The largest absolute Gasteiger partial charge is 0.452 e. The molecule has 0 saturated carbocycles. The number of aromatic nitrogens is 4. The van der Waals surface area contributed by atoms with Crippen LogP contribution >= 0.6 is 11.6 Å². The van der Waals surface area contributed by atoms with Gasteiger partial charge in [0.1, 0.15) is 0 Å². The topological polar surface area (TPSA) is 136 Å².